The van der Waals surface area contributed by atoms with E-state index in [0.717, 1.165) is 16.8 Å². The van der Waals surface area contributed by atoms with Crippen molar-refractivity contribution in [1.29, 1.82) is 0 Å². The van der Waals surface area contributed by atoms with Crippen LogP contribution in [0.15, 0.2) is 115 Å². The summed E-state index contributed by atoms with van der Waals surface area (Å²) >= 11 is 3.71. The molecule has 3 aromatic heterocycles. The second kappa shape index (κ2) is 7.72. The zero-order valence-corrected chi connectivity index (χ0v) is 20.9. The minimum absolute atomic E-state index is 1.05. The molecule has 0 aliphatic heterocycles. The molecule has 0 saturated heterocycles. The summed E-state index contributed by atoms with van der Waals surface area (Å²) in [5, 5.41) is 6.37. The van der Waals surface area contributed by atoms with Crippen molar-refractivity contribution in [3.8, 4) is 22.4 Å². The Balaban J connectivity index is 1.40. The van der Waals surface area contributed by atoms with Crippen LogP contribution < -0.4 is 0 Å². The summed E-state index contributed by atoms with van der Waals surface area (Å²) < 4.78 is 5.22. The summed E-state index contributed by atoms with van der Waals surface area (Å²) in [4.78, 5) is 5.31. The normalized spacial score (nSPS) is 11.9. The van der Waals surface area contributed by atoms with E-state index in [2.05, 4.69) is 115 Å². The van der Waals surface area contributed by atoms with Gasteiger partial charge in [0.25, 0.3) is 0 Å². The van der Waals surface area contributed by atoms with Crippen LogP contribution in [-0.2, 0) is 0 Å². The Hall–Kier alpha value is -4.05. The molecule has 0 atom stereocenters. The van der Waals surface area contributed by atoms with Crippen LogP contribution in [0.5, 0.6) is 0 Å². The zero-order valence-electron chi connectivity index (χ0n) is 19.2. The van der Waals surface area contributed by atoms with Crippen molar-refractivity contribution in [1.82, 2.24) is 4.98 Å². The molecule has 0 bridgehead atoms. The van der Waals surface area contributed by atoms with Crippen molar-refractivity contribution >= 4 is 73.9 Å². The molecule has 0 unspecified atom stereocenters. The minimum Gasteiger partial charge on any atom is -0.246 e. The van der Waals surface area contributed by atoms with Crippen LogP contribution in [0.25, 0.3) is 73.6 Å². The fourth-order valence-corrected chi connectivity index (χ4v) is 7.83. The average molecular weight is 494 g/mol. The molecule has 3 heteroatoms. The van der Waals surface area contributed by atoms with Crippen LogP contribution in [0.1, 0.15) is 0 Å². The van der Waals surface area contributed by atoms with Crippen molar-refractivity contribution in [2.45, 2.75) is 0 Å². The molecule has 0 aliphatic carbocycles. The van der Waals surface area contributed by atoms with Gasteiger partial charge in [-0.15, -0.1) is 22.7 Å². The fourth-order valence-electron chi connectivity index (χ4n) is 5.41. The maximum Gasteiger partial charge on any atom is 0.0902 e. The molecule has 3 heterocycles. The van der Waals surface area contributed by atoms with Gasteiger partial charge < -0.3 is 0 Å². The number of fused-ring (bicyclic) bond motifs is 8. The molecule has 0 amide bonds. The Morgan fingerprint density at radius 3 is 1.89 bits per heavy atom. The Morgan fingerprint density at radius 2 is 1.03 bits per heavy atom. The Labute approximate surface area is 215 Å². The van der Waals surface area contributed by atoms with Gasteiger partial charge in [-0.3, -0.25) is 0 Å². The number of hydrogen-bond acceptors (Lipinski definition) is 3. The Bertz CT molecular complexity index is 2110. The van der Waals surface area contributed by atoms with Gasteiger partial charge in [0.2, 0.25) is 0 Å². The van der Waals surface area contributed by atoms with E-state index in [9.17, 15) is 0 Å². The van der Waals surface area contributed by atoms with Gasteiger partial charge in [-0.05, 0) is 29.3 Å². The van der Waals surface area contributed by atoms with E-state index in [1.807, 2.05) is 22.7 Å². The van der Waals surface area contributed by atoms with Crippen LogP contribution in [-0.4, -0.2) is 4.98 Å². The van der Waals surface area contributed by atoms with E-state index < -0.39 is 0 Å². The van der Waals surface area contributed by atoms with E-state index in [-0.39, 0.29) is 0 Å². The number of pyridine rings is 1. The molecule has 5 aromatic carbocycles. The lowest BCUT2D eigenvalue weighted by atomic mass is 9.97. The number of nitrogens with zero attached hydrogens (tertiary/aromatic N) is 1. The highest BCUT2D eigenvalue weighted by Gasteiger charge is 2.16. The van der Waals surface area contributed by atoms with Gasteiger partial charge >= 0.3 is 0 Å². The number of thiophene rings is 2. The monoisotopic (exact) mass is 493 g/mol. The van der Waals surface area contributed by atoms with Crippen LogP contribution >= 0.6 is 22.7 Å². The summed E-state index contributed by atoms with van der Waals surface area (Å²) in [6, 6.07) is 41.6. The van der Waals surface area contributed by atoms with Gasteiger partial charge in [-0.25, -0.2) is 4.98 Å². The molecule has 0 spiro atoms. The highest BCUT2D eigenvalue weighted by molar-refractivity contribution is 7.27. The highest BCUT2D eigenvalue weighted by Crippen LogP contribution is 2.43. The first-order valence-electron chi connectivity index (χ1n) is 12.1. The summed E-state index contributed by atoms with van der Waals surface area (Å²) in [7, 11) is 0. The lowest BCUT2D eigenvalue weighted by Crippen LogP contribution is -1.89. The molecule has 0 fully saturated rings. The zero-order chi connectivity index (χ0) is 23.6. The second-order valence-corrected chi connectivity index (χ2v) is 11.2. The third kappa shape index (κ3) is 2.91. The van der Waals surface area contributed by atoms with Crippen molar-refractivity contribution in [3.63, 3.8) is 0 Å². The van der Waals surface area contributed by atoms with Crippen LogP contribution in [0, 0.1) is 0 Å². The molecule has 0 radical (unpaired) electrons. The van der Waals surface area contributed by atoms with E-state index in [4.69, 9.17) is 4.98 Å². The molecule has 0 saturated carbocycles. The summed E-state index contributed by atoms with van der Waals surface area (Å²) in [6.45, 7) is 0. The van der Waals surface area contributed by atoms with E-state index in [1.165, 1.54) is 56.9 Å². The first-order chi connectivity index (χ1) is 17.8. The predicted octanol–water partition coefficient (Wildman–Crippen LogP) is 10.3. The van der Waals surface area contributed by atoms with Crippen LogP contribution in [0.3, 0.4) is 0 Å². The molecular formula is C33H19NS2. The first-order valence-corrected chi connectivity index (χ1v) is 13.7. The smallest absolute Gasteiger partial charge is 0.0902 e. The molecule has 36 heavy (non-hydrogen) atoms. The van der Waals surface area contributed by atoms with E-state index >= 15 is 0 Å². The topological polar surface area (TPSA) is 12.9 Å². The number of rotatable bonds is 2. The van der Waals surface area contributed by atoms with Gasteiger partial charge in [-0.2, -0.15) is 0 Å². The van der Waals surface area contributed by atoms with Crippen LogP contribution in [0.4, 0.5) is 0 Å². The lowest BCUT2D eigenvalue weighted by Gasteiger charge is -2.10. The number of hydrogen-bond donors (Lipinski definition) is 0. The molecule has 0 aliphatic rings. The lowest BCUT2D eigenvalue weighted by molar-refractivity contribution is 1.45. The fraction of sp³-hybridized carbons (Fsp3) is 0. The molecular weight excluding hydrogens is 475 g/mol. The van der Waals surface area contributed by atoms with Crippen LogP contribution in [0.2, 0.25) is 0 Å². The first kappa shape index (κ1) is 20.2. The molecule has 8 rings (SSSR count). The largest absolute Gasteiger partial charge is 0.246 e. The van der Waals surface area contributed by atoms with Crippen molar-refractivity contribution < 1.29 is 0 Å². The van der Waals surface area contributed by atoms with Gasteiger partial charge in [-0.1, -0.05) is 97.1 Å². The van der Waals surface area contributed by atoms with Crippen molar-refractivity contribution in [2.75, 3.05) is 0 Å². The summed E-state index contributed by atoms with van der Waals surface area (Å²) in [5.41, 5.74) is 5.81. The number of benzene rings is 5. The Morgan fingerprint density at radius 1 is 0.444 bits per heavy atom. The molecule has 1 nitrogen and oxygen atoms in total. The molecule has 168 valence electrons. The van der Waals surface area contributed by atoms with Gasteiger partial charge in [0.05, 0.1) is 15.9 Å². The predicted molar refractivity (Wildman–Crippen MR) is 158 cm³/mol. The standard InChI is InChI=1S/C33H19NS2/c1-2-13-26-24(12-1)30(34-31-27-14-4-6-18-29(27)36-33(26)31)21-10-7-9-20(19-21)22-15-8-16-25-23-11-3-5-17-28(23)35-32(22)25/h1-19H. The molecule has 8 aromatic rings. The Kier molecular flexibility index (Phi) is 4.33. The maximum absolute atomic E-state index is 5.31. The molecule has 0 N–H and O–H groups in total. The van der Waals surface area contributed by atoms with Crippen molar-refractivity contribution in [2.24, 2.45) is 0 Å². The van der Waals surface area contributed by atoms with E-state index in [0.29, 0.717) is 0 Å². The SMILES string of the molecule is c1cc(-c2nc3c4ccccc4sc3c3ccccc23)cc(-c2cccc3c2sc2ccccc23)c1. The van der Waals surface area contributed by atoms with E-state index in [1.54, 1.807) is 0 Å². The minimum atomic E-state index is 1.05. The van der Waals surface area contributed by atoms with Gasteiger partial charge in [0.1, 0.15) is 0 Å². The van der Waals surface area contributed by atoms with Crippen molar-refractivity contribution in [3.05, 3.63) is 115 Å². The van der Waals surface area contributed by atoms with Gasteiger partial charge in [0.15, 0.2) is 0 Å². The van der Waals surface area contributed by atoms with Gasteiger partial charge in [0, 0.05) is 46.6 Å². The highest BCUT2D eigenvalue weighted by atomic mass is 32.1. The summed E-state index contributed by atoms with van der Waals surface area (Å²) in [6.07, 6.45) is 0. The number of aromatic nitrogens is 1. The second-order valence-electron chi connectivity index (χ2n) is 9.14. The average Bonchev–Trinajstić information content (AvgIpc) is 3.51. The maximum atomic E-state index is 5.31. The third-order valence-corrected chi connectivity index (χ3v) is 9.48. The quantitative estimate of drug-likeness (QED) is 0.233. The summed E-state index contributed by atoms with van der Waals surface area (Å²) in [5.74, 6) is 0. The third-order valence-electron chi connectivity index (χ3n) is 7.07.